The van der Waals surface area contributed by atoms with Crippen molar-refractivity contribution in [3.05, 3.63) is 47.5 Å². The molecule has 3 aromatic heterocycles. The molecular formula is C20H24N6OS. The van der Waals surface area contributed by atoms with Gasteiger partial charge in [-0.05, 0) is 25.8 Å². The number of aryl methyl sites for hydroxylation is 2. The van der Waals surface area contributed by atoms with Crippen LogP contribution in [0.4, 0.5) is 0 Å². The lowest BCUT2D eigenvalue weighted by atomic mass is 9.97. The van der Waals surface area contributed by atoms with Crippen molar-refractivity contribution < 1.29 is 4.79 Å². The molecule has 1 saturated heterocycles. The summed E-state index contributed by atoms with van der Waals surface area (Å²) in [5.74, 6) is 1.53. The van der Waals surface area contributed by atoms with Crippen molar-refractivity contribution in [2.24, 2.45) is 0 Å². The highest BCUT2D eigenvalue weighted by molar-refractivity contribution is 7.15. The summed E-state index contributed by atoms with van der Waals surface area (Å²) in [5, 5.41) is 1.15. The van der Waals surface area contributed by atoms with Crippen molar-refractivity contribution in [3.8, 4) is 10.6 Å². The molecule has 0 aliphatic carbocycles. The average Bonchev–Trinajstić information content (AvgIpc) is 3.35. The predicted octanol–water partition coefficient (Wildman–Crippen LogP) is 3.07. The first-order valence-electron chi connectivity index (χ1n) is 9.67. The molecular weight excluding hydrogens is 372 g/mol. The van der Waals surface area contributed by atoms with Crippen LogP contribution in [0.5, 0.6) is 0 Å². The Labute approximate surface area is 168 Å². The number of carbonyl (C=O) groups is 1. The molecule has 28 heavy (non-hydrogen) atoms. The largest absolute Gasteiger partial charge is 0.341 e. The number of thiazole rings is 1. The first-order valence-corrected chi connectivity index (χ1v) is 10.5. The van der Waals surface area contributed by atoms with Gasteiger partial charge in [0.1, 0.15) is 18.7 Å². The maximum Gasteiger partial charge on any atom is 0.242 e. The molecule has 0 saturated carbocycles. The number of likely N-dealkylation sites (tertiary alicyclic amines) is 1. The SMILES string of the molecule is CCc1nccn1CC(=O)N1CCC(c2nc(C)c(-c3ccncn3)s2)CC1. The van der Waals surface area contributed by atoms with E-state index >= 15 is 0 Å². The second-order valence-electron chi connectivity index (χ2n) is 7.04. The Balaban J connectivity index is 1.39. The van der Waals surface area contributed by atoms with Gasteiger partial charge in [-0.1, -0.05) is 6.92 Å². The summed E-state index contributed by atoms with van der Waals surface area (Å²) in [6, 6.07) is 1.92. The van der Waals surface area contributed by atoms with Gasteiger partial charge in [0.2, 0.25) is 5.91 Å². The first kappa shape index (κ1) is 18.7. The molecule has 0 aromatic carbocycles. The number of aromatic nitrogens is 5. The molecule has 0 unspecified atom stereocenters. The molecule has 0 atom stereocenters. The van der Waals surface area contributed by atoms with Gasteiger partial charge in [0, 0.05) is 44.0 Å². The molecule has 0 N–H and O–H groups in total. The van der Waals surface area contributed by atoms with E-state index in [1.54, 1.807) is 30.1 Å². The zero-order valence-corrected chi connectivity index (χ0v) is 17.0. The van der Waals surface area contributed by atoms with Crippen molar-refractivity contribution in [1.82, 2.24) is 29.4 Å². The van der Waals surface area contributed by atoms with Gasteiger partial charge < -0.3 is 9.47 Å². The number of carbonyl (C=O) groups excluding carboxylic acids is 1. The lowest BCUT2D eigenvalue weighted by Gasteiger charge is -2.31. The summed E-state index contributed by atoms with van der Waals surface area (Å²) >= 11 is 1.72. The zero-order valence-electron chi connectivity index (χ0n) is 16.2. The Morgan fingerprint density at radius 1 is 1.25 bits per heavy atom. The Morgan fingerprint density at radius 2 is 2.07 bits per heavy atom. The van der Waals surface area contributed by atoms with Gasteiger partial charge in [-0.15, -0.1) is 11.3 Å². The van der Waals surface area contributed by atoms with Crippen molar-refractivity contribution in [2.75, 3.05) is 13.1 Å². The molecule has 0 spiro atoms. The van der Waals surface area contributed by atoms with E-state index in [1.165, 1.54) is 0 Å². The zero-order chi connectivity index (χ0) is 19.5. The molecule has 3 aromatic rings. The molecule has 1 aliphatic rings. The molecule has 7 nitrogen and oxygen atoms in total. The fraction of sp³-hybridized carbons (Fsp3) is 0.450. The maximum absolute atomic E-state index is 12.7. The Hall–Kier alpha value is -2.61. The van der Waals surface area contributed by atoms with Crippen molar-refractivity contribution >= 4 is 17.2 Å². The molecule has 8 heteroatoms. The van der Waals surface area contributed by atoms with Crippen LogP contribution in [-0.4, -0.2) is 48.4 Å². The summed E-state index contributed by atoms with van der Waals surface area (Å²) in [4.78, 5) is 33.2. The third-order valence-corrected chi connectivity index (χ3v) is 6.59. The number of imidazole rings is 1. The van der Waals surface area contributed by atoms with E-state index in [4.69, 9.17) is 4.98 Å². The number of rotatable bonds is 5. The summed E-state index contributed by atoms with van der Waals surface area (Å²) in [7, 11) is 0. The van der Waals surface area contributed by atoms with Gasteiger partial charge >= 0.3 is 0 Å². The van der Waals surface area contributed by atoms with Crippen LogP contribution in [0.25, 0.3) is 10.6 Å². The summed E-state index contributed by atoms with van der Waals surface area (Å²) in [5.41, 5.74) is 1.94. The van der Waals surface area contributed by atoms with Crippen molar-refractivity contribution in [2.45, 2.75) is 45.6 Å². The second kappa shape index (κ2) is 8.18. The van der Waals surface area contributed by atoms with E-state index in [-0.39, 0.29) is 5.91 Å². The number of hydrogen-bond acceptors (Lipinski definition) is 6. The van der Waals surface area contributed by atoms with Crippen LogP contribution in [0.2, 0.25) is 0 Å². The minimum absolute atomic E-state index is 0.170. The van der Waals surface area contributed by atoms with Gasteiger partial charge in [0.25, 0.3) is 0 Å². The van der Waals surface area contributed by atoms with E-state index in [1.807, 2.05) is 28.7 Å². The quantitative estimate of drug-likeness (QED) is 0.662. The van der Waals surface area contributed by atoms with E-state index < -0.39 is 0 Å². The normalized spacial score (nSPS) is 15.1. The fourth-order valence-corrected chi connectivity index (χ4v) is 4.89. The van der Waals surface area contributed by atoms with Crippen LogP contribution in [0.1, 0.15) is 42.2 Å². The van der Waals surface area contributed by atoms with E-state index in [0.717, 1.165) is 59.4 Å². The van der Waals surface area contributed by atoms with E-state index in [2.05, 4.69) is 21.9 Å². The second-order valence-corrected chi connectivity index (χ2v) is 8.07. The molecule has 4 rings (SSSR count). The summed E-state index contributed by atoms with van der Waals surface area (Å²) in [6.07, 6.45) is 9.71. The molecule has 1 fully saturated rings. The van der Waals surface area contributed by atoms with Gasteiger partial charge in [-0.25, -0.2) is 19.9 Å². The lowest BCUT2D eigenvalue weighted by Crippen LogP contribution is -2.39. The van der Waals surface area contributed by atoms with E-state index in [9.17, 15) is 4.79 Å². The molecule has 0 bridgehead atoms. The van der Waals surface area contributed by atoms with Gasteiger partial charge in [-0.2, -0.15) is 0 Å². The monoisotopic (exact) mass is 396 g/mol. The minimum Gasteiger partial charge on any atom is -0.341 e. The number of hydrogen-bond donors (Lipinski definition) is 0. The standard InChI is InChI=1S/C20H24N6OS/c1-3-17-22-8-11-26(17)12-18(27)25-9-5-15(6-10-25)20-24-14(2)19(28-20)16-4-7-21-13-23-16/h4,7-8,11,13,15H,3,5-6,9-10,12H2,1-2H3. The molecule has 146 valence electrons. The number of amides is 1. The van der Waals surface area contributed by atoms with Crippen LogP contribution in [0, 0.1) is 6.92 Å². The lowest BCUT2D eigenvalue weighted by molar-refractivity contribution is -0.132. The fourth-order valence-electron chi connectivity index (χ4n) is 3.67. The number of nitrogens with zero attached hydrogens (tertiary/aromatic N) is 6. The topological polar surface area (TPSA) is 76.8 Å². The maximum atomic E-state index is 12.7. The van der Waals surface area contributed by atoms with Crippen LogP contribution in [-0.2, 0) is 17.8 Å². The minimum atomic E-state index is 0.170. The Morgan fingerprint density at radius 3 is 2.79 bits per heavy atom. The van der Waals surface area contributed by atoms with Gasteiger partial charge in [0.05, 0.1) is 21.3 Å². The molecule has 4 heterocycles. The third kappa shape index (κ3) is 3.82. The Bertz CT molecular complexity index is 943. The highest BCUT2D eigenvalue weighted by Crippen LogP contribution is 2.36. The summed E-state index contributed by atoms with van der Waals surface area (Å²) < 4.78 is 1.95. The summed E-state index contributed by atoms with van der Waals surface area (Å²) in [6.45, 7) is 6.03. The Kier molecular flexibility index (Phi) is 5.47. The highest BCUT2D eigenvalue weighted by Gasteiger charge is 2.27. The highest BCUT2D eigenvalue weighted by atomic mass is 32.1. The molecule has 1 aliphatic heterocycles. The molecule has 1 amide bonds. The van der Waals surface area contributed by atoms with Crippen LogP contribution < -0.4 is 0 Å². The van der Waals surface area contributed by atoms with Crippen molar-refractivity contribution in [3.63, 3.8) is 0 Å². The van der Waals surface area contributed by atoms with Crippen LogP contribution in [0.15, 0.2) is 31.0 Å². The van der Waals surface area contributed by atoms with Crippen LogP contribution >= 0.6 is 11.3 Å². The first-order chi connectivity index (χ1) is 13.7. The van der Waals surface area contributed by atoms with Crippen LogP contribution in [0.3, 0.4) is 0 Å². The molecule has 0 radical (unpaired) electrons. The third-order valence-electron chi connectivity index (χ3n) is 5.25. The predicted molar refractivity (Wildman–Crippen MR) is 108 cm³/mol. The van der Waals surface area contributed by atoms with Gasteiger partial charge in [-0.3, -0.25) is 4.79 Å². The van der Waals surface area contributed by atoms with E-state index in [0.29, 0.717) is 12.5 Å². The van der Waals surface area contributed by atoms with Crippen molar-refractivity contribution in [1.29, 1.82) is 0 Å². The van der Waals surface area contributed by atoms with Gasteiger partial charge in [0.15, 0.2) is 0 Å². The number of piperidine rings is 1. The smallest absolute Gasteiger partial charge is 0.242 e. The average molecular weight is 397 g/mol.